The predicted molar refractivity (Wildman–Crippen MR) is 79.3 cm³/mol. The molecule has 20 heavy (non-hydrogen) atoms. The van der Waals surface area contributed by atoms with Gasteiger partial charge in [0.25, 0.3) is 0 Å². The molecule has 1 N–H and O–H groups in total. The molecular weight excluding hydrogens is 366 g/mol. The van der Waals surface area contributed by atoms with Gasteiger partial charge in [-0.1, -0.05) is 5.92 Å². The summed E-state index contributed by atoms with van der Waals surface area (Å²) in [6, 6.07) is 1.17. The van der Waals surface area contributed by atoms with Gasteiger partial charge < -0.3 is 5.11 Å². The van der Waals surface area contributed by atoms with Gasteiger partial charge in [0.15, 0.2) is 0 Å². The van der Waals surface area contributed by atoms with E-state index in [1.807, 2.05) is 0 Å². The Bertz CT molecular complexity index is 670. The lowest BCUT2D eigenvalue weighted by Crippen LogP contribution is -2.33. The number of carboxylic acids is 1. The van der Waals surface area contributed by atoms with Gasteiger partial charge in [-0.05, 0) is 40.8 Å². The van der Waals surface area contributed by atoms with Crippen LogP contribution in [0.2, 0.25) is 0 Å². The van der Waals surface area contributed by atoms with Gasteiger partial charge in [0.1, 0.15) is 9.77 Å². The zero-order valence-electron chi connectivity index (χ0n) is 10.4. The number of terminal acetylenes is 1. The number of nitrogens with zero attached hydrogens (tertiary/aromatic N) is 1. The van der Waals surface area contributed by atoms with E-state index in [4.69, 9.17) is 11.5 Å². The van der Waals surface area contributed by atoms with Crippen molar-refractivity contribution in [2.75, 3.05) is 13.1 Å². The van der Waals surface area contributed by atoms with Gasteiger partial charge >= 0.3 is 5.97 Å². The number of halogens is 1. The van der Waals surface area contributed by atoms with Crippen molar-refractivity contribution < 1.29 is 18.3 Å². The number of hydrogen-bond donors (Lipinski definition) is 1. The number of aromatic carboxylic acids is 1. The van der Waals surface area contributed by atoms with Gasteiger partial charge in [0, 0.05) is 6.54 Å². The van der Waals surface area contributed by atoms with E-state index in [2.05, 4.69) is 21.9 Å². The molecule has 0 bridgehead atoms. The van der Waals surface area contributed by atoms with E-state index in [1.165, 1.54) is 10.4 Å². The van der Waals surface area contributed by atoms with Crippen molar-refractivity contribution in [3.63, 3.8) is 0 Å². The zero-order chi connectivity index (χ0) is 14.9. The summed E-state index contributed by atoms with van der Waals surface area (Å²) in [6.07, 6.45) is 7.24. The van der Waals surface area contributed by atoms with E-state index in [9.17, 15) is 13.2 Å². The standard InChI is InChI=1S/C12H12BrNO4S2/c1-2-5-14(7-8-3-4-8)20(17,18)10-6-9(12(15)16)19-11(10)13/h1,6,8H,3-5,7H2,(H,15,16). The number of carboxylic acid groups (broad SMARTS) is 1. The topological polar surface area (TPSA) is 74.7 Å². The molecule has 1 saturated carbocycles. The summed E-state index contributed by atoms with van der Waals surface area (Å²) in [7, 11) is -3.77. The SMILES string of the molecule is C#CCN(CC1CC1)S(=O)(=O)c1cc(C(=O)O)sc1Br. The Balaban J connectivity index is 2.36. The normalized spacial score (nSPS) is 15.2. The molecule has 0 unspecified atom stereocenters. The first-order chi connectivity index (χ1) is 9.36. The maximum atomic E-state index is 12.6. The van der Waals surface area contributed by atoms with E-state index in [0.29, 0.717) is 12.5 Å². The quantitative estimate of drug-likeness (QED) is 0.771. The predicted octanol–water partition coefficient (Wildman–Crippen LogP) is 2.24. The lowest BCUT2D eigenvalue weighted by molar-refractivity contribution is 0.0702. The van der Waals surface area contributed by atoms with Crippen LogP contribution in [0.15, 0.2) is 14.7 Å². The van der Waals surface area contributed by atoms with Gasteiger partial charge in [0.05, 0.1) is 10.3 Å². The number of thiophene rings is 1. The van der Waals surface area contributed by atoms with E-state index in [0.717, 1.165) is 24.2 Å². The van der Waals surface area contributed by atoms with Crippen molar-refractivity contribution >= 4 is 43.3 Å². The minimum absolute atomic E-state index is 0.0104. The lowest BCUT2D eigenvalue weighted by atomic mass is 10.4. The van der Waals surface area contributed by atoms with Gasteiger partial charge in [0.2, 0.25) is 10.0 Å². The fraction of sp³-hybridized carbons (Fsp3) is 0.417. The first kappa shape index (κ1) is 15.5. The molecule has 1 aromatic heterocycles. The maximum Gasteiger partial charge on any atom is 0.345 e. The molecule has 1 aliphatic carbocycles. The Morgan fingerprint density at radius 1 is 1.60 bits per heavy atom. The average Bonchev–Trinajstić information content (AvgIpc) is 3.08. The van der Waals surface area contributed by atoms with E-state index in [1.54, 1.807) is 0 Å². The molecule has 0 amide bonds. The zero-order valence-corrected chi connectivity index (χ0v) is 13.6. The second-order valence-electron chi connectivity index (χ2n) is 4.50. The minimum atomic E-state index is -3.77. The van der Waals surface area contributed by atoms with Crippen LogP contribution in [0.25, 0.3) is 0 Å². The van der Waals surface area contributed by atoms with Crippen molar-refractivity contribution in [3.8, 4) is 12.3 Å². The van der Waals surface area contributed by atoms with Crippen molar-refractivity contribution in [1.29, 1.82) is 0 Å². The summed E-state index contributed by atoms with van der Waals surface area (Å²) in [6.45, 7) is 0.376. The van der Waals surface area contributed by atoms with E-state index < -0.39 is 16.0 Å². The number of sulfonamides is 1. The van der Waals surface area contributed by atoms with Crippen LogP contribution in [0.1, 0.15) is 22.5 Å². The van der Waals surface area contributed by atoms with Crippen LogP contribution in [0, 0.1) is 18.3 Å². The Kier molecular flexibility index (Phi) is 4.54. The maximum absolute atomic E-state index is 12.6. The molecule has 1 fully saturated rings. The number of carbonyl (C=O) groups is 1. The van der Waals surface area contributed by atoms with Crippen LogP contribution in [-0.4, -0.2) is 36.9 Å². The second kappa shape index (κ2) is 5.85. The van der Waals surface area contributed by atoms with E-state index in [-0.39, 0.29) is 20.1 Å². The molecule has 108 valence electrons. The van der Waals surface area contributed by atoms with E-state index >= 15 is 0 Å². The van der Waals surface area contributed by atoms with Crippen LogP contribution in [0.5, 0.6) is 0 Å². The average molecular weight is 378 g/mol. The molecule has 5 nitrogen and oxygen atoms in total. The molecule has 1 heterocycles. The molecule has 0 saturated heterocycles. The fourth-order valence-electron chi connectivity index (χ4n) is 1.71. The highest BCUT2D eigenvalue weighted by Gasteiger charge is 2.33. The summed E-state index contributed by atoms with van der Waals surface area (Å²) < 4.78 is 26.6. The molecular formula is C12H12BrNO4S2. The largest absolute Gasteiger partial charge is 0.477 e. The fourth-order valence-corrected chi connectivity index (χ4v) is 5.49. The third-order valence-electron chi connectivity index (χ3n) is 2.91. The minimum Gasteiger partial charge on any atom is -0.477 e. The first-order valence-electron chi connectivity index (χ1n) is 5.82. The highest BCUT2D eigenvalue weighted by molar-refractivity contribution is 9.11. The number of hydrogen-bond acceptors (Lipinski definition) is 4. The van der Waals surface area contributed by atoms with Crippen LogP contribution in [0.3, 0.4) is 0 Å². The summed E-state index contributed by atoms with van der Waals surface area (Å²) in [4.78, 5) is 10.9. The van der Waals surface area contributed by atoms with Gasteiger partial charge in [-0.25, -0.2) is 13.2 Å². The Morgan fingerprint density at radius 3 is 2.70 bits per heavy atom. The van der Waals surface area contributed by atoms with Crippen molar-refractivity contribution in [1.82, 2.24) is 4.31 Å². The van der Waals surface area contributed by atoms with Crippen LogP contribution in [0.4, 0.5) is 0 Å². The van der Waals surface area contributed by atoms with Crippen LogP contribution < -0.4 is 0 Å². The van der Waals surface area contributed by atoms with Crippen LogP contribution in [-0.2, 0) is 10.0 Å². The van der Waals surface area contributed by atoms with Gasteiger partial charge in [-0.3, -0.25) is 0 Å². The Hall–Kier alpha value is -0.880. The summed E-state index contributed by atoms with van der Waals surface area (Å²) in [5.74, 6) is 1.55. The Labute approximate surface area is 129 Å². The lowest BCUT2D eigenvalue weighted by Gasteiger charge is -2.19. The van der Waals surface area contributed by atoms with Crippen molar-refractivity contribution in [2.45, 2.75) is 17.7 Å². The molecule has 0 aromatic carbocycles. The molecule has 0 atom stereocenters. The van der Waals surface area contributed by atoms with Gasteiger partial charge in [-0.2, -0.15) is 4.31 Å². The van der Waals surface area contributed by atoms with Gasteiger partial charge in [-0.15, -0.1) is 17.8 Å². The summed E-state index contributed by atoms with van der Waals surface area (Å²) in [5.41, 5.74) is 0. The highest BCUT2D eigenvalue weighted by Crippen LogP contribution is 2.36. The molecule has 1 aliphatic rings. The Morgan fingerprint density at radius 2 is 2.25 bits per heavy atom. The first-order valence-corrected chi connectivity index (χ1v) is 8.87. The third-order valence-corrected chi connectivity index (χ3v) is 6.96. The third kappa shape index (κ3) is 3.23. The highest BCUT2D eigenvalue weighted by atomic mass is 79.9. The molecule has 0 spiro atoms. The smallest absolute Gasteiger partial charge is 0.345 e. The van der Waals surface area contributed by atoms with Crippen LogP contribution >= 0.6 is 27.3 Å². The molecule has 0 aliphatic heterocycles. The molecule has 8 heteroatoms. The molecule has 2 rings (SSSR count). The summed E-state index contributed by atoms with van der Waals surface area (Å²) in [5, 5.41) is 8.93. The summed E-state index contributed by atoms with van der Waals surface area (Å²) >= 11 is 4.00. The molecule has 1 aromatic rings. The van der Waals surface area contributed by atoms with Crippen molar-refractivity contribution in [3.05, 3.63) is 14.7 Å². The number of rotatable bonds is 6. The molecule has 0 radical (unpaired) electrons. The van der Waals surface area contributed by atoms with Crippen molar-refractivity contribution in [2.24, 2.45) is 5.92 Å². The monoisotopic (exact) mass is 377 g/mol. The second-order valence-corrected chi connectivity index (χ2v) is 8.78.